The normalized spacial score (nSPS) is 26.2. The minimum absolute atomic E-state index is 0.0856. The van der Waals surface area contributed by atoms with Crippen LogP contribution in [0.4, 0.5) is 0 Å². The molecule has 66 valence electrons. The van der Waals surface area contributed by atoms with Crippen LogP contribution in [-0.2, 0) is 4.74 Å². The van der Waals surface area contributed by atoms with Crippen molar-refractivity contribution < 1.29 is 9.84 Å². The molecule has 1 fully saturated rings. The summed E-state index contributed by atoms with van der Waals surface area (Å²) in [7, 11) is 1.72. The lowest BCUT2D eigenvalue weighted by molar-refractivity contribution is 0.159. The number of rotatable bonds is 4. The van der Waals surface area contributed by atoms with Crippen LogP contribution in [0.15, 0.2) is 0 Å². The molecule has 0 unspecified atom stereocenters. The largest absolute Gasteiger partial charge is 0.392 e. The topological polar surface area (TPSA) is 32.7 Å². The van der Waals surface area contributed by atoms with Gasteiger partial charge < -0.3 is 14.7 Å². The minimum Gasteiger partial charge on any atom is -0.392 e. The van der Waals surface area contributed by atoms with E-state index < -0.39 is 0 Å². The Balaban J connectivity index is 1.99. The molecular formula is C8H17NO2. The first-order chi connectivity index (χ1) is 5.33. The van der Waals surface area contributed by atoms with E-state index in [9.17, 15) is 5.11 Å². The average Bonchev–Trinajstić information content (AvgIpc) is 2.37. The number of aliphatic hydroxyl groups is 1. The summed E-state index contributed by atoms with van der Waals surface area (Å²) < 4.78 is 4.94. The van der Waals surface area contributed by atoms with E-state index >= 15 is 0 Å². The maximum atomic E-state index is 9.18. The number of methoxy groups -OCH3 is 1. The van der Waals surface area contributed by atoms with Gasteiger partial charge in [-0.2, -0.15) is 0 Å². The molecule has 0 aliphatic carbocycles. The van der Waals surface area contributed by atoms with Crippen LogP contribution in [0.1, 0.15) is 12.8 Å². The Hall–Kier alpha value is -0.120. The van der Waals surface area contributed by atoms with E-state index in [0.29, 0.717) is 0 Å². The van der Waals surface area contributed by atoms with Crippen molar-refractivity contribution in [2.24, 2.45) is 0 Å². The number of nitrogens with zero attached hydrogens (tertiary/aromatic N) is 1. The standard InChI is InChI=1S/C8H17NO2/c1-11-6-2-4-9-5-3-8(10)7-9/h8,10H,2-7H2,1H3/t8-/m0/s1. The Bertz CT molecular complexity index is 108. The van der Waals surface area contributed by atoms with Crippen molar-refractivity contribution in [2.45, 2.75) is 18.9 Å². The van der Waals surface area contributed by atoms with Gasteiger partial charge in [-0.05, 0) is 12.8 Å². The van der Waals surface area contributed by atoms with Crippen molar-refractivity contribution in [3.63, 3.8) is 0 Å². The molecule has 0 bridgehead atoms. The monoisotopic (exact) mass is 159 g/mol. The molecule has 1 atom stereocenters. The predicted octanol–water partition coefficient (Wildman–Crippen LogP) is 0.0895. The van der Waals surface area contributed by atoms with Crippen molar-refractivity contribution in [1.29, 1.82) is 0 Å². The molecule has 1 heterocycles. The Morgan fingerprint density at radius 3 is 3.00 bits per heavy atom. The summed E-state index contributed by atoms with van der Waals surface area (Å²) in [6.45, 7) is 3.78. The minimum atomic E-state index is -0.0856. The molecule has 0 saturated carbocycles. The van der Waals surface area contributed by atoms with Gasteiger partial charge in [0.25, 0.3) is 0 Å². The second-order valence-corrected chi connectivity index (χ2v) is 3.09. The summed E-state index contributed by atoms with van der Waals surface area (Å²) >= 11 is 0. The van der Waals surface area contributed by atoms with Gasteiger partial charge >= 0.3 is 0 Å². The van der Waals surface area contributed by atoms with Crippen LogP contribution in [0.25, 0.3) is 0 Å². The first kappa shape index (κ1) is 8.97. The van der Waals surface area contributed by atoms with Gasteiger partial charge in [0.2, 0.25) is 0 Å². The van der Waals surface area contributed by atoms with Crippen LogP contribution in [0, 0.1) is 0 Å². The summed E-state index contributed by atoms with van der Waals surface area (Å²) in [5, 5.41) is 9.18. The molecule has 1 rings (SSSR count). The fraction of sp³-hybridized carbons (Fsp3) is 1.00. The van der Waals surface area contributed by atoms with Gasteiger partial charge in [-0.3, -0.25) is 0 Å². The predicted molar refractivity (Wildman–Crippen MR) is 43.6 cm³/mol. The van der Waals surface area contributed by atoms with E-state index in [1.807, 2.05) is 0 Å². The van der Waals surface area contributed by atoms with Crippen LogP contribution >= 0.6 is 0 Å². The van der Waals surface area contributed by atoms with E-state index in [0.717, 1.165) is 39.1 Å². The van der Waals surface area contributed by atoms with Gasteiger partial charge in [0.05, 0.1) is 6.10 Å². The molecule has 1 aliphatic rings. The molecule has 0 aromatic carbocycles. The molecule has 0 aromatic heterocycles. The molecule has 11 heavy (non-hydrogen) atoms. The Labute approximate surface area is 68.0 Å². The lowest BCUT2D eigenvalue weighted by atomic mass is 10.3. The second kappa shape index (κ2) is 4.70. The maximum absolute atomic E-state index is 9.18. The van der Waals surface area contributed by atoms with Crippen molar-refractivity contribution in [3.8, 4) is 0 Å². The van der Waals surface area contributed by atoms with Crippen LogP contribution in [0.2, 0.25) is 0 Å². The Morgan fingerprint density at radius 1 is 1.64 bits per heavy atom. The summed E-state index contributed by atoms with van der Waals surface area (Å²) in [6, 6.07) is 0. The highest BCUT2D eigenvalue weighted by atomic mass is 16.5. The van der Waals surface area contributed by atoms with E-state index in [4.69, 9.17) is 4.74 Å². The van der Waals surface area contributed by atoms with Crippen LogP contribution in [0.3, 0.4) is 0 Å². The molecule has 0 aromatic rings. The van der Waals surface area contributed by atoms with E-state index in [-0.39, 0.29) is 6.10 Å². The lowest BCUT2D eigenvalue weighted by Crippen LogP contribution is -2.23. The zero-order valence-electron chi connectivity index (χ0n) is 7.12. The average molecular weight is 159 g/mol. The van der Waals surface area contributed by atoms with Gasteiger partial charge in [0.1, 0.15) is 0 Å². The van der Waals surface area contributed by atoms with Gasteiger partial charge in [0, 0.05) is 33.4 Å². The van der Waals surface area contributed by atoms with Crippen molar-refractivity contribution >= 4 is 0 Å². The highest BCUT2D eigenvalue weighted by Crippen LogP contribution is 2.08. The van der Waals surface area contributed by atoms with Gasteiger partial charge in [-0.25, -0.2) is 0 Å². The molecule has 1 saturated heterocycles. The third-order valence-electron chi connectivity index (χ3n) is 2.07. The zero-order chi connectivity index (χ0) is 8.10. The third kappa shape index (κ3) is 3.18. The SMILES string of the molecule is COCCCN1CC[C@H](O)C1. The molecular weight excluding hydrogens is 142 g/mol. The second-order valence-electron chi connectivity index (χ2n) is 3.09. The number of aliphatic hydroxyl groups excluding tert-OH is 1. The number of ether oxygens (including phenoxy) is 1. The van der Waals surface area contributed by atoms with Crippen LogP contribution in [-0.4, -0.2) is 49.5 Å². The first-order valence-electron chi connectivity index (χ1n) is 4.22. The summed E-state index contributed by atoms with van der Waals surface area (Å²) in [5.41, 5.74) is 0. The van der Waals surface area contributed by atoms with Crippen LogP contribution in [0.5, 0.6) is 0 Å². The molecule has 1 N–H and O–H groups in total. The number of hydrogen-bond donors (Lipinski definition) is 1. The maximum Gasteiger partial charge on any atom is 0.0679 e. The molecule has 3 nitrogen and oxygen atoms in total. The Kier molecular flexibility index (Phi) is 3.83. The van der Waals surface area contributed by atoms with Crippen LogP contribution < -0.4 is 0 Å². The lowest BCUT2D eigenvalue weighted by Gasteiger charge is -2.13. The zero-order valence-corrected chi connectivity index (χ0v) is 7.12. The van der Waals surface area contributed by atoms with Gasteiger partial charge in [-0.15, -0.1) is 0 Å². The number of hydrogen-bond acceptors (Lipinski definition) is 3. The van der Waals surface area contributed by atoms with Crippen molar-refractivity contribution in [1.82, 2.24) is 4.90 Å². The molecule has 1 aliphatic heterocycles. The van der Waals surface area contributed by atoms with Gasteiger partial charge in [-0.1, -0.05) is 0 Å². The number of likely N-dealkylation sites (tertiary alicyclic amines) is 1. The van der Waals surface area contributed by atoms with Crippen molar-refractivity contribution in [3.05, 3.63) is 0 Å². The van der Waals surface area contributed by atoms with E-state index in [1.165, 1.54) is 0 Å². The first-order valence-corrected chi connectivity index (χ1v) is 4.22. The molecule has 0 spiro atoms. The quantitative estimate of drug-likeness (QED) is 0.590. The fourth-order valence-electron chi connectivity index (χ4n) is 1.45. The summed E-state index contributed by atoms with van der Waals surface area (Å²) in [6.07, 6.45) is 1.92. The third-order valence-corrected chi connectivity index (χ3v) is 2.07. The highest BCUT2D eigenvalue weighted by molar-refractivity contribution is 4.73. The van der Waals surface area contributed by atoms with Gasteiger partial charge in [0.15, 0.2) is 0 Å². The molecule has 0 amide bonds. The smallest absolute Gasteiger partial charge is 0.0679 e. The number of β-amino-alcohol motifs (C(OH)–C–C–N with tert-alkyl or cyclic N) is 1. The van der Waals surface area contributed by atoms with E-state index in [1.54, 1.807) is 7.11 Å². The summed E-state index contributed by atoms with van der Waals surface area (Å²) in [4.78, 5) is 2.28. The van der Waals surface area contributed by atoms with E-state index in [2.05, 4.69) is 4.90 Å². The Morgan fingerprint density at radius 2 is 2.45 bits per heavy atom. The summed E-state index contributed by atoms with van der Waals surface area (Å²) in [5.74, 6) is 0. The fourth-order valence-corrected chi connectivity index (χ4v) is 1.45. The highest BCUT2D eigenvalue weighted by Gasteiger charge is 2.18. The molecule has 0 radical (unpaired) electrons. The van der Waals surface area contributed by atoms with Crippen molar-refractivity contribution in [2.75, 3.05) is 33.4 Å². The molecule has 3 heteroatoms.